The standard InChI is InChI=1S/C8H8N2O3/c11-4-3-6-1-2-7-8(5-6)10(12)13-9-7/h1-2,5,11H,3-4H2. The van der Waals surface area contributed by atoms with Gasteiger partial charge in [-0.3, -0.25) is 4.63 Å². The van der Waals surface area contributed by atoms with E-state index in [0.717, 1.165) is 5.56 Å². The van der Waals surface area contributed by atoms with Crippen molar-refractivity contribution < 1.29 is 14.6 Å². The van der Waals surface area contributed by atoms with E-state index in [9.17, 15) is 5.21 Å². The van der Waals surface area contributed by atoms with Gasteiger partial charge in [0, 0.05) is 11.8 Å². The largest absolute Gasteiger partial charge is 0.396 e. The highest BCUT2D eigenvalue weighted by molar-refractivity contribution is 5.70. The zero-order valence-electron chi connectivity index (χ0n) is 6.80. The Morgan fingerprint density at radius 1 is 1.54 bits per heavy atom. The van der Waals surface area contributed by atoms with Crippen LogP contribution in [0.4, 0.5) is 0 Å². The molecule has 13 heavy (non-hydrogen) atoms. The number of aliphatic hydroxyl groups excluding tert-OH is 1. The smallest absolute Gasteiger partial charge is 0.248 e. The van der Waals surface area contributed by atoms with Crippen molar-refractivity contribution in [2.24, 2.45) is 0 Å². The summed E-state index contributed by atoms with van der Waals surface area (Å²) in [4.78, 5) is 0.357. The zero-order chi connectivity index (χ0) is 9.26. The third-order valence-corrected chi connectivity index (χ3v) is 1.85. The Labute approximate surface area is 73.7 Å². The number of fused-ring (bicyclic) bond motifs is 1. The highest BCUT2D eigenvalue weighted by Crippen LogP contribution is 2.10. The summed E-state index contributed by atoms with van der Waals surface area (Å²) in [6, 6.07) is 5.16. The Morgan fingerprint density at radius 3 is 3.15 bits per heavy atom. The van der Waals surface area contributed by atoms with Crippen LogP contribution < -0.4 is 4.90 Å². The maximum atomic E-state index is 11.0. The van der Waals surface area contributed by atoms with Crippen LogP contribution in [0.2, 0.25) is 0 Å². The normalized spacial score (nSPS) is 10.8. The third-order valence-electron chi connectivity index (χ3n) is 1.85. The summed E-state index contributed by atoms with van der Waals surface area (Å²) in [6.45, 7) is 0.0651. The molecular weight excluding hydrogens is 172 g/mol. The summed E-state index contributed by atoms with van der Waals surface area (Å²) in [5.41, 5.74) is 1.81. The molecule has 0 saturated carbocycles. The fourth-order valence-corrected chi connectivity index (χ4v) is 1.20. The molecule has 0 atom stereocenters. The number of aromatic nitrogens is 2. The van der Waals surface area contributed by atoms with Crippen LogP contribution in [0.1, 0.15) is 5.56 Å². The SMILES string of the molecule is [O-][n+]1onc2ccc(CCO)cc21. The van der Waals surface area contributed by atoms with Crippen molar-refractivity contribution in [1.82, 2.24) is 5.16 Å². The van der Waals surface area contributed by atoms with Crippen molar-refractivity contribution in [1.29, 1.82) is 0 Å². The topological polar surface area (TPSA) is 73.2 Å². The molecule has 2 rings (SSSR count). The van der Waals surface area contributed by atoms with Crippen LogP contribution in [-0.2, 0) is 6.42 Å². The van der Waals surface area contributed by atoms with E-state index in [1.165, 1.54) is 0 Å². The van der Waals surface area contributed by atoms with E-state index < -0.39 is 0 Å². The van der Waals surface area contributed by atoms with Gasteiger partial charge in [-0.2, -0.15) is 0 Å². The molecular formula is C8H8N2O3. The molecule has 1 N–H and O–H groups in total. The lowest BCUT2D eigenvalue weighted by Gasteiger charge is -1.94. The minimum Gasteiger partial charge on any atom is -0.396 e. The number of hydrogen-bond donors (Lipinski definition) is 1. The van der Waals surface area contributed by atoms with Crippen LogP contribution in [0.15, 0.2) is 22.8 Å². The van der Waals surface area contributed by atoms with E-state index in [1.807, 2.05) is 0 Å². The first kappa shape index (κ1) is 8.00. The Kier molecular flexibility index (Phi) is 1.86. The minimum absolute atomic E-state index is 0.0651. The van der Waals surface area contributed by atoms with Crippen LogP contribution in [0.3, 0.4) is 0 Å². The molecule has 5 nitrogen and oxygen atoms in total. The lowest BCUT2D eigenvalue weighted by atomic mass is 10.1. The van der Waals surface area contributed by atoms with Gasteiger partial charge in [0.15, 0.2) is 0 Å². The lowest BCUT2D eigenvalue weighted by molar-refractivity contribution is -0.782. The van der Waals surface area contributed by atoms with E-state index in [0.29, 0.717) is 22.4 Å². The third kappa shape index (κ3) is 1.33. The van der Waals surface area contributed by atoms with Crippen LogP contribution in [0.5, 0.6) is 0 Å². The van der Waals surface area contributed by atoms with E-state index in [1.54, 1.807) is 18.2 Å². The van der Waals surface area contributed by atoms with E-state index in [4.69, 9.17) is 5.11 Å². The maximum absolute atomic E-state index is 11.0. The summed E-state index contributed by atoms with van der Waals surface area (Å²) >= 11 is 0. The van der Waals surface area contributed by atoms with Gasteiger partial charge in [0.05, 0.1) is 0 Å². The number of benzene rings is 1. The molecule has 0 aliphatic heterocycles. The number of nitrogens with zero attached hydrogens (tertiary/aromatic N) is 2. The highest BCUT2D eigenvalue weighted by atomic mass is 16.8. The van der Waals surface area contributed by atoms with Crippen LogP contribution in [0.25, 0.3) is 11.0 Å². The monoisotopic (exact) mass is 180 g/mol. The van der Waals surface area contributed by atoms with Crippen molar-refractivity contribution >= 4 is 11.0 Å². The van der Waals surface area contributed by atoms with Crippen molar-refractivity contribution in [3.63, 3.8) is 0 Å². The second-order valence-electron chi connectivity index (χ2n) is 2.73. The van der Waals surface area contributed by atoms with Gasteiger partial charge in [-0.25, -0.2) is 0 Å². The molecule has 0 bridgehead atoms. The summed E-state index contributed by atoms with van der Waals surface area (Å²) in [5.74, 6) is 0. The first-order valence-corrected chi connectivity index (χ1v) is 3.90. The lowest BCUT2D eigenvalue weighted by Crippen LogP contribution is -2.22. The van der Waals surface area contributed by atoms with Crippen LogP contribution in [-0.4, -0.2) is 16.9 Å². The number of aliphatic hydroxyl groups is 1. The van der Waals surface area contributed by atoms with Crippen molar-refractivity contribution in [3.05, 3.63) is 29.0 Å². The molecule has 0 aliphatic rings. The molecule has 2 aromatic rings. The van der Waals surface area contributed by atoms with Crippen molar-refractivity contribution in [2.45, 2.75) is 6.42 Å². The molecule has 0 saturated heterocycles. The second kappa shape index (κ2) is 3.02. The highest BCUT2D eigenvalue weighted by Gasteiger charge is 2.08. The van der Waals surface area contributed by atoms with Gasteiger partial charge >= 0.3 is 0 Å². The fourth-order valence-electron chi connectivity index (χ4n) is 1.20. The van der Waals surface area contributed by atoms with E-state index in [2.05, 4.69) is 9.79 Å². The first-order chi connectivity index (χ1) is 6.31. The van der Waals surface area contributed by atoms with Gasteiger partial charge in [-0.05, 0) is 29.0 Å². The van der Waals surface area contributed by atoms with Crippen LogP contribution >= 0.6 is 0 Å². The minimum atomic E-state index is 0.0651. The van der Waals surface area contributed by atoms with Gasteiger partial charge in [0.1, 0.15) is 0 Å². The molecule has 0 aliphatic carbocycles. The van der Waals surface area contributed by atoms with Gasteiger partial charge in [-0.1, -0.05) is 6.07 Å². The van der Waals surface area contributed by atoms with Crippen molar-refractivity contribution in [3.8, 4) is 0 Å². The molecule has 1 aromatic carbocycles. The fraction of sp³-hybridized carbons (Fsp3) is 0.250. The Hall–Kier alpha value is -1.62. The molecule has 0 radical (unpaired) electrons. The summed E-state index contributed by atoms with van der Waals surface area (Å²) in [7, 11) is 0. The maximum Gasteiger partial charge on any atom is 0.248 e. The molecule has 1 aromatic heterocycles. The van der Waals surface area contributed by atoms with E-state index >= 15 is 0 Å². The van der Waals surface area contributed by atoms with Crippen molar-refractivity contribution in [2.75, 3.05) is 6.61 Å². The molecule has 68 valence electrons. The Balaban J connectivity index is 2.53. The van der Waals surface area contributed by atoms with Gasteiger partial charge < -0.3 is 10.3 Å². The number of hydrogen-bond acceptors (Lipinski definition) is 4. The second-order valence-corrected chi connectivity index (χ2v) is 2.73. The predicted octanol–water partition coefficient (Wildman–Crippen LogP) is -0.00400. The van der Waals surface area contributed by atoms with Gasteiger partial charge in [0.25, 0.3) is 0 Å². The molecule has 1 heterocycles. The number of rotatable bonds is 2. The van der Waals surface area contributed by atoms with Gasteiger partial charge in [-0.15, -0.1) is 0 Å². The average molecular weight is 180 g/mol. The molecule has 0 amide bonds. The average Bonchev–Trinajstić information content (AvgIpc) is 2.49. The molecule has 0 fully saturated rings. The summed E-state index contributed by atoms with van der Waals surface area (Å²) in [6.07, 6.45) is 0.529. The van der Waals surface area contributed by atoms with E-state index in [-0.39, 0.29) is 6.61 Å². The summed E-state index contributed by atoms with van der Waals surface area (Å²) < 4.78 is 4.40. The zero-order valence-corrected chi connectivity index (χ0v) is 6.80. The van der Waals surface area contributed by atoms with Gasteiger partial charge in [0.2, 0.25) is 11.0 Å². The van der Waals surface area contributed by atoms with Crippen LogP contribution in [0, 0.1) is 5.21 Å². The Bertz CT molecular complexity index is 424. The predicted molar refractivity (Wildman–Crippen MR) is 43.8 cm³/mol. The molecule has 5 heteroatoms. The first-order valence-electron chi connectivity index (χ1n) is 3.90. The quantitative estimate of drug-likeness (QED) is 0.660. The molecule has 0 spiro atoms. The molecule has 0 unspecified atom stereocenters. The Morgan fingerprint density at radius 2 is 2.38 bits per heavy atom. The summed E-state index contributed by atoms with van der Waals surface area (Å²) in [5, 5.41) is 23.2.